The van der Waals surface area contributed by atoms with Crippen LogP contribution < -0.4 is 11.1 Å². The smallest absolute Gasteiger partial charge is 0.251 e. The van der Waals surface area contributed by atoms with Crippen molar-refractivity contribution in [3.05, 3.63) is 0 Å². The van der Waals surface area contributed by atoms with Crippen molar-refractivity contribution in [3.63, 3.8) is 0 Å². The van der Waals surface area contributed by atoms with Crippen molar-refractivity contribution in [3.8, 4) is 0 Å². The van der Waals surface area contributed by atoms with Crippen LogP contribution >= 0.6 is 0 Å². The van der Waals surface area contributed by atoms with Gasteiger partial charge in [-0.3, -0.25) is 9.59 Å². The normalized spacial score (nSPS) is 22.1. The lowest BCUT2D eigenvalue weighted by molar-refractivity contribution is -0.153. The molecule has 0 saturated heterocycles. The van der Waals surface area contributed by atoms with Crippen LogP contribution in [0.2, 0.25) is 0 Å². The molecule has 2 aliphatic rings. The lowest BCUT2D eigenvalue weighted by Crippen LogP contribution is -2.52. The van der Waals surface area contributed by atoms with Gasteiger partial charge < -0.3 is 20.5 Å². The zero-order valence-corrected chi connectivity index (χ0v) is 12.0. The van der Waals surface area contributed by atoms with E-state index in [4.69, 9.17) is 15.2 Å². The molecule has 2 aliphatic carbocycles. The van der Waals surface area contributed by atoms with Gasteiger partial charge >= 0.3 is 0 Å². The number of hydrogen-bond donors (Lipinski definition) is 2. The summed E-state index contributed by atoms with van der Waals surface area (Å²) in [6, 6.07) is 0. The molecular formula is C13H24N2O4. The van der Waals surface area contributed by atoms with Gasteiger partial charge in [0.05, 0.1) is 0 Å². The van der Waals surface area contributed by atoms with Crippen molar-refractivity contribution < 1.29 is 19.1 Å². The van der Waals surface area contributed by atoms with Gasteiger partial charge in [0.15, 0.2) is 0 Å². The largest absolute Gasteiger partial charge is 0.368 e. The number of nitrogens with one attached hydrogen (secondary N) is 1. The Kier molecular flexibility index (Phi) is 5.31. The Morgan fingerprint density at radius 1 is 1.00 bits per heavy atom. The zero-order valence-electron chi connectivity index (χ0n) is 12.0. The van der Waals surface area contributed by atoms with Crippen molar-refractivity contribution in [2.45, 2.75) is 49.7 Å². The molecule has 19 heavy (non-hydrogen) atoms. The highest BCUT2D eigenvalue weighted by Crippen LogP contribution is 2.35. The van der Waals surface area contributed by atoms with E-state index in [1.54, 1.807) is 14.2 Å². The average Bonchev–Trinajstić information content (AvgIpc) is 2.27. The Bertz CT molecular complexity index is 325. The first-order valence-corrected chi connectivity index (χ1v) is 6.59. The lowest BCUT2D eigenvalue weighted by Gasteiger charge is -2.38. The van der Waals surface area contributed by atoms with Crippen molar-refractivity contribution in [1.29, 1.82) is 0 Å². The predicted molar refractivity (Wildman–Crippen MR) is 70.4 cm³/mol. The van der Waals surface area contributed by atoms with Crippen LogP contribution in [-0.2, 0) is 19.1 Å². The molecule has 3 N–H and O–H groups in total. The fraction of sp³-hybridized carbons (Fsp3) is 0.846. The van der Waals surface area contributed by atoms with E-state index in [2.05, 4.69) is 5.32 Å². The maximum Gasteiger partial charge on any atom is 0.251 e. The van der Waals surface area contributed by atoms with E-state index in [1.807, 2.05) is 0 Å². The molecule has 110 valence electrons. The van der Waals surface area contributed by atoms with Crippen molar-refractivity contribution in [2.75, 3.05) is 21.3 Å². The Morgan fingerprint density at radius 3 is 1.47 bits per heavy atom. The third-order valence-electron chi connectivity index (χ3n) is 4.19. The molecule has 0 aromatic carbocycles. The number of likely N-dealkylation sites (N-methyl/N-ethyl adjacent to an activating group) is 1. The summed E-state index contributed by atoms with van der Waals surface area (Å²) in [5.74, 6) is -0.308. The second-order valence-electron chi connectivity index (χ2n) is 5.05. The van der Waals surface area contributed by atoms with Crippen LogP contribution in [-0.4, -0.2) is 44.3 Å². The SMILES string of the molecule is CNC(=O)C1(OC)CCC1.COC1(C(N)=O)CCC1. The number of methoxy groups -OCH3 is 2. The topological polar surface area (TPSA) is 90.7 Å². The molecule has 2 fully saturated rings. The summed E-state index contributed by atoms with van der Waals surface area (Å²) in [5, 5.41) is 2.59. The number of carbonyl (C=O) groups excluding carboxylic acids is 2. The molecule has 0 spiro atoms. The third-order valence-corrected chi connectivity index (χ3v) is 4.19. The Labute approximate surface area is 114 Å². The van der Waals surface area contributed by atoms with E-state index in [-0.39, 0.29) is 11.8 Å². The first-order valence-electron chi connectivity index (χ1n) is 6.59. The van der Waals surface area contributed by atoms with Crippen LogP contribution in [0.25, 0.3) is 0 Å². The monoisotopic (exact) mass is 272 g/mol. The van der Waals surface area contributed by atoms with E-state index < -0.39 is 11.2 Å². The number of carbonyl (C=O) groups is 2. The molecule has 2 rings (SSSR count). The number of nitrogens with two attached hydrogens (primary N) is 1. The summed E-state index contributed by atoms with van der Waals surface area (Å²) in [4.78, 5) is 21.7. The maximum atomic E-state index is 11.1. The molecule has 0 aliphatic heterocycles. The number of primary amides is 1. The minimum absolute atomic E-state index is 0.0150. The summed E-state index contributed by atoms with van der Waals surface area (Å²) in [6.45, 7) is 0. The van der Waals surface area contributed by atoms with Gasteiger partial charge in [0.1, 0.15) is 11.2 Å². The van der Waals surface area contributed by atoms with E-state index in [0.29, 0.717) is 0 Å². The summed E-state index contributed by atoms with van der Waals surface area (Å²) in [6.07, 6.45) is 5.46. The van der Waals surface area contributed by atoms with Gasteiger partial charge in [0.25, 0.3) is 5.91 Å². The second kappa shape index (κ2) is 6.34. The van der Waals surface area contributed by atoms with E-state index in [9.17, 15) is 9.59 Å². The van der Waals surface area contributed by atoms with Crippen LogP contribution in [0.4, 0.5) is 0 Å². The summed E-state index contributed by atoms with van der Waals surface area (Å²) in [7, 11) is 4.76. The number of ether oxygens (including phenoxy) is 2. The molecule has 0 aromatic rings. The second-order valence-corrected chi connectivity index (χ2v) is 5.05. The summed E-state index contributed by atoms with van der Waals surface area (Å²) < 4.78 is 10.1. The van der Waals surface area contributed by atoms with Gasteiger partial charge in [0, 0.05) is 21.3 Å². The van der Waals surface area contributed by atoms with Gasteiger partial charge in [-0.25, -0.2) is 0 Å². The Balaban J connectivity index is 0.000000191. The summed E-state index contributed by atoms with van der Waals surface area (Å²) >= 11 is 0. The van der Waals surface area contributed by atoms with Gasteiger partial charge in [-0.2, -0.15) is 0 Å². The zero-order chi connectivity index (χ0) is 14.5. The van der Waals surface area contributed by atoms with Crippen LogP contribution in [0.3, 0.4) is 0 Å². The fourth-order valence-electron chi connectivity index (χ4n) is 2.30. The minimum Gasteiger partial charge on any atom is -0.368 e. The molecule has 0 atom stereocenters. The quantitative estimate of drug-likeness (QED) is 0.772. The van der Waals surface area contributed by atoms with E-state index >= 15 is 0 Å². The van der Waals surface area contributed by atoms with Crippen LogP contribution in [0.1, 0.15) is 38.5 Å². The molecule has 0 aromatic heterocycles. The van der Waals surface area contributed by atoms with Crippen LogP contribution in [0.15, 0.2) is 0 Å². The van der Waals surface area contributed by atoms with Gasteiger partial charge in [0.2, 0.25) is 5.91 Å². The average molecular weight is 272 g/mol. The van der Waals surface area contributed by atoms with Gasteiger partial charge in [-0.1, -0.05) is 0 Å². The molecule has 0 unspecified atom stereocenters. The molecule has 6 heteroatoms. The molecule has 0 heterocycles. The maximum absolute atomic E-state index is 11.1. The first-order chi connectivity index (χ1) is 8.96. The van der Waals surface area contributed by atoms with Crippen molar-refractivity contribution in [1.82, 2.24) is 5.32 Å². The Morgan fingerprint density at radius 2 is 1.42 bits per heavy atom. The van der Waals surface area contributed by atoms with Gasteiger partial charge in [-0.15, -0.1) is 0 Å². The standard InChI is InChI=1S/C7H13NO2.C6H11NO2/c1-8-6(9)7(10-2)4-3-5-7;1-9-6(5(7)8)3-2-4-6/h3-5H2,1-2H3,(H,8,9);2-4H2,1H3,(H2,7,8). The van der Waals surface area contributed by atoms with E-state index in [0.717, 1.165) is 38.5 Å². The molecule has 0 bridgehead atoms. The van der Waals surface area contributed by atoms with Crippen molar-refractivity contribution in [2.24, 2.45) is 5.73 Å². The third kappa shape index (κ3) is 3.06. The number of amides is 2. The highest BCUT2D eigenvalue weighted by atomic mass is 16.5. The predicted octanol–water partition coefficient (Wildman–Crippen LogP) is 0.342. The Hall–Kier alpha value is -1.14. The molecule has 6 nitrogen and oxygen atoms in total. The summed E-state index contributed by atoms with van der Waals surface area (Å²) in [5.41, 5.74) is 4.00. The molecular weight excluding hydrogens is 248 g/mol. The number of rotatable bonds is 4. The van der Waals surface area contributed by atoms with Crippen LogP contribution in [0, 0.1) is 0 Å². The highest BCUT2D eigenvalue weighted by molar-refractivity contribution is 5.85. The number of hydrogen-bond acceptors (Lipinski definition) is 4. The molecule has 2 amide bonds. The first kappa shape index (κ1) is 15.9. The fourth-order valence-corrected chi connectivity index (χ4v) is 2.30. The molecule has 0 radical (unpaired) electrons. The van der Waals surface area contributed by atoms with Crippen LogP contribution in [0.5, 0.6) is 0 Å². The minimum atomic E-state index is -0.597. The highest BCUT2D eigenvalue weighted by Gasteiger charge is 2.44. The van der Waals surface area contributed by atoms with Crippen molar-refractivity contribution >= 4 is 11.8 Å². The molecule has 2 saturated carbocycles. The van der Waals surface area contributed by atoms with E-state index in [1.165, 1.54) is 7.11 Å². The lowest BCUT2D eigenvalue weighted by atomic mass is 9.79. The van der Waals surface area contributed by atoms with Gasteiger partial charge in [-0.05, 0) is 38.5 Å².